The van der Waals surface area contributed by atoms with Gasteiger partial charge in [0.2, 0.25) is 11.9 Å². The van der Waals surface area contributed by atoms with Crippen LogP contribution in [0.5, 0.6) is 5.75 Å². The van der Waals surface area contributed by atoms with Crippen LogP contribution in [-0.4, -0.2) is 27.3 Å². The van der Waals surface area contributed by atoms with Crippen LogP contribution in [0.3, 0.4) is 0 Å². The summed E-state index contributed by atoms with van der Waals surface area (Å²) in [5.74, 6) is 1.27. The van der Waals surface area contributed by atoms with Crippen LogP contribution in [0.2, 0.25) is 0 Å². The standard InChI is InChI=1S/C16H18N4O2/c1-16(8-9-22-13-5-3-2-4-12(13)16)14(21)18-15-19-17-10-20(15)11-6-7-11/h2-5,10-11H,6-9H2,1H3,(H,18,19,21). The molecule has 1 aromatic heterocycles. The molecular weight excluding hydrogens is 280 g/mol. The van der Waals surface area contributed by atoms with Gasteiger partial charge in [0.15, 0.2) is 0 Å². The fraction of sp³-hybridized carbons (Fsp3) is 0.438. The number of hydrogen-bond acceptors (Lipinski definition) is 4. The molecule has 22 heavy (non-hydrogen) atoms. The van der Waals surface area contributed by atoms with E-state index >= 15 is 0 Å². The van der Waals surface area contributed by atoms with Gasteiger partial charge in [0.1, 0.15) is 12.1 Å². The molecule has 1 aromatic carbocycles. The Morgan fingerprint density at radius 1 is 1.41 bits per heavy atom. The SMILES string of the molecule is CC1(C(=O)Nc2nncn2C2CC2)CCOc2ccccc21. The molecule has 1 N–H and O–H groups in total. The van der Waals surface area contributed by atoms with Gasteiger partial charge in [-0.3, -0.25) is 14.7 Å². The highest BCUT2D eigenvalue weighted by atomic mass is 16.5. The first-order valence-corrected chi connectivity index (χ1v) is 7.62. The monoisotopic (exact) mass is 298 g/mol. The van der Waals surface area contributed by atoms with Crippen LogP contribution in [0.1, 0.15) is 37.8 Å². The summed E-state index contributed by atoms with van der Waals surface area (Å²) in [6.45, 7) is 2.50. The van der Waals surface area contributed by atoms with E-state index in [4.69, 9.17) is 4.74 Å². The van der Waals surface area contributed by atoms with E-state index in [9.17, 15) is 4.79 Å². The summed E-state index contributed by atoms with van der Waals surface area (Å²) in [7, 11) is 0. The summed E-state index contributed by atoms with van der Waals surface area (Å²) in [5, 5.41) is 10.9. The van der Waals surface area contributed by atoms with Gasteiger partial charge in [-0.25, -0.2) is 0 Å². The largest absolute Gasteiger partial charge is 0.493 e. The molecule has 6 nitrogen and oxygen atoms in total. The molecule has 2 aromatic rings. The highest BCUT2D eigenvalue weighted by molar-refractivity contribution is 5.98. The number of amides is 1. The Bertz CT molecular complexity index is 722. The van der Waals surface area contributed by atoms with Crippen LogP contribution in [0.4, 0.5) is 5.95 Å². The van der Waals surface area contributed by atoms with E-state index in [-0.39, 0.29) is 5.91 Å². The van der Waals surface area contributed by atoms with Crippen molar-refractivity contribution in [3.63, 3.8) is 0 Å². The molecule has 1 fully saturated rings. The molecule has 1 amide bonds. The number of fused-ring (bicyclic) bond motifs is 1. The fourth-order valence-corrected chi connectivity index (χ4v) is 2.98. The van der Waals surface area contributed by atoms with Crippen molar-refractivity contribution < 1.29 is 9.53 Å². The summed E-state index contributed by atoms with van der Waals surface area (Å²) in [5.41, 5.74) is 0.311. The van der Waals surface area contributed by atoms with Crippen LogP contribution in [0.25, 0.3) is 0 Å². The van der Waals surface area contributed by atoms with Crippen LogP contribution in [0.15, 0.2) is 30.6 Å². The van der Waals surface area contributed by atoms with E-state index in [2.05, 4.69) is 15.5 Å². The number of carbonyl (C=O) groups excluding carboxylic acids is 1. The molecule has 4 rings (SSSR count). The van der Waals surface area contributed by atoms with Gasteiger partial charge in [-0.2, -0.15) is 0 Å². The molecule has 1 atom stereocenters. The first kappa shape index (κ1) is 13.3. The van der Waals surface area contributed by atoms with E-state index < -0.39 is 5.41 Å². The lowest BCUT2D eigenvalue weighted by molar-refractivity contribution is -0.122. The molecule has 0 bridgehead atoms. The third-order valence-corrected chi connectivity index (χ3v) is 4.58. The van der Waals surface area contributed by atoms with Crippen molar-refractivity contribution in [2.45, 2.75) is 37.6 Å². The van der Waals surface area contributed by atoms with Crippen LogP contribution < -0.4 is 10.1 Å². The number of anilines is 1. The Labute approximate surface area is 128 Å². The summed E-state index contributed by atoms with van der Waals surface area (Å²) in [4.78, 5) is 12.9. The zero-order chi connectivity index (χ0) is 15.2. The smallest absolute Gasteiger partial charge is 0.237 e. The maximum atomic E-state index is 12.9. The van der Waals surface area contributed by atoms with E-state index in [1.54, 1.807) is 6.33 Å². The molecule has 2 aliphatic rings. The average molecular weight is 298 g/mol. The van der Waals surface area contributed by atoms with Crippen LogP contribution in [-0.2, 0) is 10.2 Å². The quantitative estimate of drug-likeness (QED) is 0.944. The minimum absolute atomic E-state index is 0.0573. The predicted molar refractivity (Wildman–Crippen MR) is 80.8 cm³/mol. The first-order valence-electron chi connectivity index (χ1n) is 7.62. The molecule has 1 aliphatic carbocycles. The van der Waals surface area contributed by atoms with Gasteiger partial charge in [-0.15, -0.1) is 10.2 Å². The van der Waals surface area contributed by atoms with Crippen molar-refractivity contribution >= 4 is 11.9 Å². The van der Waals surface area contributed by atoms with E-state index in [0.717, 1.165) is 24.2 Å². The lowest BCUT2D eigenvalue weighted by atomic mass is 9.77. The van der Waals surface area contributed by atoms with Gasteiger partial charge in [0.25, 0.3) is 0 Å². The average Bonchev–Trinajstić information content (AvgIpc) is 3.28. The summed E-state index contributed by atoms with van der Waals surface area (Å²) < 4.78 is 7.61. The molecule has 1 saturated carbocycles. The van der Waals surface area contributed by atoms with E-state index in [0.29, 0.717) is 25.0 Å². The van der Waals surface area contributed by atoms with Gasteiger partial charge in [-0.05, 0) is 32.3 Å². The number of aromatic nitrogens is 3. The third-order valence-electron chi connectivity index (χ3n) is 4.58. The Morgan fingerprint density at radius 2 is 2.23 bits per heavy atom. The number of ether oxygens (including phenoxy) is 1. The second kappa shape index (κ2) is 4.83. The molecule has 2 heterocycles. The molecule has 114 valence electrons. The van der Waals surface area contributed by atoms with Gasteiger partial charge < -0.3 is 4.74 Å². The van der Waals surface area contributed by atoms with Gasteiger partial charge in [0, 0.05) is 11.6 Å². The van der Waals surface area contributed by atoms with E-state index in [1.165, 1.54) is 0 Å². The van der Waals surface area contributed by atoms with Crippen molar-refractivity contribution in [2.24, 2.45) is 0 Å². The maximum Gasteiger partial charge on any atom is 0.237 e. The highest BCUT2D eigenvalue weighted by Gasteiger charge is 2.41. The zero-order valence-electron chi connectivity index (χ0n) is 12.5. The van der Waals surface area contributed by atoms with Gasteiger partial charge in [0.05, 0.1) is 12.0 Å². The Balaban J connectivity index is 1.63. The normalized spacial score (nSPS) is 23.5. The number of benzene rings is 1. The number of nitrogens with zero attached hydrogens (tertiary/aromatic N) is 3. The zero-order valence-corrected chi connectivity index (χ0v) is 12.5. The van der Waals surface area contributed by atoms with Gasteiger partial charge >= 0.3 is 0 Å². The molecular formula is C16H18N4O2. The summed E-state index contributed by atoms with van der Waals surface area (Å²) in [6, 6.07) is 8.16. The molecule has 0 saturated heterocycles. The topological polar surface area (TPSA) is 69.0 Å². The number of carbonyl (C=O) groups is 1. The highest BCUT2D eigenvalue weighted by Crippen LogP contribution is 2.40. The first-order chi connectivity index (χ1) is 10.7. The maximum absolute atomic E-state index is 12.9. The van der Waals surface area contributed by atoms with Crippen molar-refractivity contribution in [3.8, 4) is 5.75 Å². The van der Waals surface area contributed by atoms with E-state index in [1.807, 2.05) is 35.8 Å². The van der Waals surface area contributed by atoms with Crippen LogP contribution in [0, 0.1) is 0 Å². The Kier molecular flexibility index (Phi) is 2.92. The number of para-hydroxylation sites is 1. The molecule has 6 heteroatoms. The Morgan fingerprint density at radius 3 is 3.05 bits per heavy atom. The molecule has 1 aliphatic heterocycles. The fourth-order valence-electron chi connectivity index (χ4n) is 2.98. The van der Waals surface area contributed by atoms with Crippen molar-refractivity contribution in [1.82, 2.24) is 14.8 Å². The second-order valence-corrected chi connectivity index (χ2v) is 6.17. The third kappa shape index (κ3) is 2.06. The van der Waals surface area contributed by atoms with Crippen molar-refractivity contribution in [2.75, 3.05) is 11.9 Å². The number of nitrogens with one attached hydrogen (secondary N) is 1. The van der Waals surface area contributed by atoms with Gasteiger partial charge in [-0.1, -0.05) is 18.2 Å². The molecule has 1 unspecified atom stereocenters. The van der Waals surface area contributed by atoms with Crippen LogP contribution >= 0.6 is 0 Å². The summed E-state index contributed by atoms with van der Waals surface area (Å²) >= 11 is 0. The lowest BCUT2D eigenvalue weighted by Gasteiger charge is -2.34. The molecule has 0 radical (unpaired) electrons. The minimum Gasteiger partial charge on any atom is -0.493 e. The number of rotatable bonds is 3. The van der Waals surface area contributed by atoms with Crippen molar-refractivity contribution in [1.29, 1.82) is 0 Å². The molecule has 0 spiro atoms. The Hall–Kier alpha value is -2.37. The lowest BCUT2D eigenvalue weighted by Crippen LogP contribution is -2.42. The summed E-state index contributed by atoms with van der Waals surface area (Å²) in [6.07, 6.45) is 4.57. The van der Waals surface area contributed by atoms with Crippen molar-refractivity contribution in [3.05, 3.63) is 36.2 Å². The second-order valence-electron chi connectivity index (χ2n) is 6.17. The minimum atomic E-state index is -0.616. The predicted octanol–water partition coefficient (Wildman–Crippen LogP) is 2.29. The number of hydrogen-bond donors (Lipinski definition) is 1.